The molecule has 2 aromatic heterocycles. The fraction of sp³-hybridized carbons (Fsp3) is 0.300. The van der Waals surface area contributed by atoms with Gasteiger partial charge in [-0.15, -0.1) is 0 Å². The summed E-state index contributed by atoms with van der Waals surface area (Å²) in [5.41, 5.74) is 0.421. The van der Waals surface area contributed by atoms with E-state index in [-0.39, 0.29) is 39.3 Å². The minimum Gasteiger partial charge on any atom is -0.458 e. The molecule has 31 heavy (non-hydrogen) atoms. The quantitative estimate of drug-likeness (QED) is 0.616. The lowest BCUT2D eigenvalue weighted by molar-refractivity contribution is 0.0725. The number of halogens is 2. The molecule has 164 valence electrons. The molecular formula is C20H20F2N4O4S. The molecule has 3 heterocycles. The van der Waals surface area contributed by atoms with Crippen LogP contribution in [0.1, 0.15) is 35.4 Å². The molecule has 2 N–H and O–H groups in total. The van der Waals surface area contributed by atoms with E-state index in [2.05, 4.69) is 14.9 Å². The van der Waals surface area contributed by atoms with Crippen molar-refractivity contribution in [3.05, 3.63) is 53.4 Å². The minimum absolute atomic E-state index is 0.0658. The van der Waals surface area contributed by atoms with Gasteiger partial charge in [0.2, 0.25) is 0 Å². The SMILES string of the molecule is Cc1oc(-c2[nH]ncc2C(=O)N2CCCCC2)cc1S(=O)(=O)Nc1ccc(F)c(F)c1. The summed E-state index contributed by atoms with van der Waals surface area (Å²) in [6.07, 6.45) is 4.32. The van der Waals surface area contributed by atoms with Crippen molar-refractivity contribution in [2.75, 3.05) is 17.8 Å². The first-order valence-electron chi connectivity index (χ1n) is 9.67. The van der Waals surface area contributed by atoms with E-state index in [1.54, 1.807) is 4.90 Å². The molecule has 0 saturated carbocycles. The lowest BCUT2D eigenvalue weighted by Crippen LogP contribution is -2.35. The smallest absolute Gasteiger partial charge is 0.265 e. The lowest BCUT2D eigenvalue weighted by Gasteiger charge is -2.26. The van der Waals surface area contributed by atoms with Gasteiger partial charge in [0, 0.05) is 25.2 Å². The number of likely N-dealkylation sites (tertiary alicyclic amines) is 1. The summed E-state index contributed by atoms with van der Waals surface area (Å²) >= 11 is 0. The molecule has 0 radical (unpaired) electrons. The fourth-order valence-corrected chi connectivity index (χ4v) is 4.76. The van der Waals surface area contributed by atoms with Gasteiger partial charge in [-0.3, -0.25) is 14.6 Å². The average molecular weight is 450 g/mol. The number of H-pyrrole nitrogens is 1. The van der Waals surface area contributed by atoms with Crippen LogP contribution in [0.2, 0.25) is 0 Å². The summed E-state index contributed by atoms with van der Waals surface area (Å²) in [6, 6.07) is 3.94. The number of hydrogen-bond acceptors (Lipinski definition) is 5. The van der Waals surface area contributed by atoms with Crippen LogP contribution >= 0.6 is 0 Å². The molecule has 0 unspecified atom stereocenters. The molecule has 1 amide bonds. The van der Waals surface area contributed by atoms with Crippen LogP contribution in [0.25, 0.3) is 11.5 Å². The molecule has 8 nitrogen and oxygen atoms in total. The van der Waals surface area contributed by atoms with Gasteiger partial charge in [0.25, 0.3) is 15.9 Å². The second-order valence-corrected chi connectivity index (χ2v) is 8.93. The summed E-state index contributed by atoms with van der Waals surface area (Å²) in [6.45, 7) is 2.75. The van der Waals surface area contributed by atoms with Crippen LogP contribution in [0.3, 0.4) is 0 Å². The number of piperidine rings is 1. The molecule has 4 rings (SSSR count). The van der Waals surface area contributed by atoms with Gasteiger partial charge in [-0.05, 0) is 38.3 Å². The van der Waals surface area contributed by atoms with Crippen molar-refractivity contribution in [2.45, 2.75) is 31.1 Å². The zero-order chi connectivity index (χ0) is 22.2. The molecule has 1 aromatic carbocycles. The molecule has 1 saturated heterocycles. The molecule has 3 aromatic rings. The molecule has 1 aliphatic heterocycles. The lowest BCUT2D eigenvalue weighted by atomic mass is 10.1. The number of aromatic nitrogens is 2. The number of nitrogens with one attached hydrogen (secondary N) is 2. The first-order valence-corrected chi connectivity index (χ1v) is 11.2. The molecular weight excluding hydrogens is 430 g/mol. The van der Waals surface area contributed by atoms with Crippen molar-refractivity contribution in [1.29, 1.82) is 0 Å². The Morgan fingerprint density at radius 1 is 1.16 bits per heavy atom. The Bertz CT molecular complexity index is 1230. The van der Waals surface area contributed by atoms with Crippen molar-refractivity contribution in [3.63, 3.8) is 0 Å². The Morgan fingerprint density at radius 2 is 1.90 bits per heavy atom. The van der Waals surface area contributed by atoms with E-state index < -0.39 is 21.7 Å². The Balaban J connectivity index is 1.63. The van der Waals surface area contributed by atoms with E-state index in [4.69, 9.17) is 4.42 Å². The molecule has 1 aliphatic rings. The van der Waals surface area contributed by atoms with Crippen molar-refractivity contribution in [1.82, 2.24) is 15.1 Å². The summed E-state index contributed by atoms with van der Waals surface area (Å²) in [4.78, 5) is 14.4. The van der Waals surface area contributed by atoms with Crippen LogP contribution in [0.4, 0.5) is 14.5 Å². The summed E-state index contributed by atoms with van der Waals surface area (Å²) in [5.74, 6) is -2.28. The second-order valence-electron chi connectivity index (χ2n) is 7.28. The van der Waals surface area contributed by atoms with Gasteiger partial charge < -0.3 is 9.32 Å². The van der Waals surface area contributed by atoms with E-state index in [9.17, 15) is 22.0 Å². The topological polar surface area (TPSA) is 108 Å². The van der Waals surface area contributed by atoms with Gasteiger partial charge in [-0.25, -0.2) is 17.2 Å². The molecule has 1 fully saturated rings. The highest BCUT2D eigenvalue weighted by Gasteiger charge is 2.27. The van der Waals surface area contributed by atoms with Gasteiger partial charge in [0.15, 0.2) is 17.4 Å². The third-order valence-electron chi connectivity index (χ3n) is 5.09. The largest absolute Gasteiger partial charge is 0.458 e. The molecule has 0 bridgehead atoms. The van der Waals surface area contributed by atoms with E-state index in [1.807, 2.05) is 0 Å². The van der Waals surface area contributed by atoms with Crippen LogP contribution in [-0.4, -0.2) is 42.5 Å². The summed E-state index contributed by atoms with van der Waals surface area (Å²) in [5, 5.41) is 6.63. The highest BCUT2D eigenvalue weighted by Crippen LogP contribution is 2.31. The van der Waals surface area contributed by atoms with E-state index >= 15 is 0 Å². The zero-order valence-corrected chi connectivity index (χ0v) is 17.4. The van der Waals surface area contributed by atoms with Gasteiger partial charge in [-0.2, -0.15) is 5.10 Å². The number of aromatic amines is 1. The number of carbonyl (C=O) groups is 1. The van der Waals surface area contributed by atoms with Crippen molar-refractivity contribution in [2.24, 2.45) is 0 Å². The number of nitrogens with zero attached hydrogens (tertiary/aromatic N) is 2. The maximum absolute atomic E-state index is 13.4. The zero-order valence-electron chi connectivity index (χ0n) is 16.6. The standard InChI is InChI=1S/C20H20F2N4O4S/c1-12-18(31(28,29)25-13-5-6-15(21)16(22)9-13)10-17(30-12)19-14(11-23-24-19)20(27)26-7-3-2-4-8-26/h5-6,9-11,25H,2-4,7-8H2,1H3,(H,23,24). The number of anilines is 1. The second kappa shape index (κ2) is 8.14. The Hall–Kier alpha value is -3.21. The minimum atomic E-state index is -4.16. The number of amides is 1. The van der Waals surface area contributed by atoms with Crippen LogP contribution in [-0.2, 0) is 10.0 Å². The maximum atomic E-state index is 13.4. The van der Waals surface area contributed by atoms with E-state index in [0.29, 0.717) is 13.1 Å². The Labute approximate surface area is 177 Å². The number of aryl methyl sites for hydroxylation is 1. The van der Waals surface area contributed by atoms with Crippen molar-refractivity contribution < 1.29 is 26.4 Å². The first-order chi connectivity index (χ1) is 14.8. The number of furan rings is 1. The number of sulfonamides is 1. The van der Waals surface area contributed by atoms with Crippen LogP contribution in [0.5, 0.6) is 0 Å². The third kappa shape index (κ3) is 4.18. The normalized spacial score (nSPS) is 14.6. The first kappa shape index (κ1) is 21.0. The predicted octanol–water partition coefficient (Wildman–Crippen LogP) is 3.68. The predicted molar refractivity (Wildman–Crippen MR) is 108 cm³/mol. The van der Waals surface area contributed by atoms with Crippen LogP contribution in [0.15, 0.2) is 39.8 Å². The Morgan fingerprint density at radius 3 is 2.61 bits per heavy atom. The van der Waals surface area contributed by atoms with Gasteiger partial charge in [0.1, 0.15) is 16.3 Å². The Kier molecular flexibility index (Phi) is 5.52. The number of benzene rings is 1. The van der Waals surface area contributed by atoms with E-state index in [0.717, 1.165) is 37.5 Å². The monoisotopic (exact) mass is 450 g/mol. The number of hydrogen-bond donors (Lipinski definition) is 2. The van der Waals surface area contributed by atoms with Gasteiger partial charge in [0.05, 0.1) is 17.4 Å². The van der Waals surface area contributed by atoms with Crippen LogP contribution in [0, 0.1) is 18.6 Å². The van der Waals surface area contributed by atoms with Crippen molar-refractivity contribution in [3.8, 4) is 11.5 Å². The molecule has 11 heteroatoms. The third-order valence-corrected chi connectivity index (χ3v) is 6.58. The maximum Gasteiger partial charge on any atom is 0.265 e. The van der Waals surface area contributed by atoms with E-state index in [1.165, 1.54) is 19.2 Å². The highest BCUT2D eigenvalue weighted by atomic mass is 32.2. The molecule has 0 atom stereocenters. The summed E-state index contributed by atoms with van der Waals surface area (Å²) < 4.78 is 59.9. The molecule has 0 aliphatic carbocycles. The summed E-state index contributed by atoms with van der Waals surface area (Å²) in [7, 11) is -4.16. The highest BCUT2D eigenvalue weighted by molar-refractivity contribution is 7.92. The number of rotatable bonds is 5. The number of carbonyl (C=O) groups excluding carboxylic acids is 1. The molecule has 0 spiro atoms. The van der Waals surface area contributed by atoms with Crippen LogP contribution < -0.4 is 4.72 Å². The average Bonchev–Trinajstić information content (AvgIpc) is 3.37. The van der Waals surface area contributed by atoms with Gasteiger partial charge >= 0.3 is 0 Å². The van der Waals surface area contributed by atoms with Crippen molar-refractivity contribution >= 4 is 21.6 Å². The van der Waals surface area contributed by atoms with Gasteiger partial charge in [-0.1, -0.05) is 0 Å². The fourth-order valence-electron chi connectivity index (χ4n) is 3.53.